The Bertz CT molecular complexity index is 224. The molecule has 0 N–H and O–H groups in total. The number of hydrogen-bond acceptors (Lipinski definition) is 1. The van der Waals surface area contributed by atoms with Crippen molar-refractivity contribution in [2.75, 3.05) is 0 Å². The normalized spacial score (nSPS) is 18.3. The monoisotopic (exact) mass is 177 g/mol. The van der Waals surface area contributed by atoms with E-state index < -0.39 is 0 Å². The minimum absolute atomic E-state index is 0.840. The van der Waals surface area contributed by atoms with Gasteiger partial charge in [0.05, 0.1) is 0 Å². The van der Waals surface area contributed by atoms with Gasteiger partial charge in [-0.3, -0.25) is 0 Å². The Morgan fingerprint density at radius 2 is 2.00 bits per heavy atom. The molecular weight excluding hydrogens is 164 g/mol. The minimum atomic E-state index is 0.840. The molecule has 1 radical (unpaired) electrons. The van der Waals surface area contributed by atoms with Crippen molar-refractivity contribution in [2.24, 2.45) is 0 Å². The lowest BCUT2D eigenvalue weighted by molar-refractivity contribution is 0.905. The highest BCUT2D eigenvalue weighted by Gasteiger charge is 2.15. The van der Waals surface area contributed by atoms with E-state index >= 15 is 0 Å². The van der Waals surface area contributed by atoms with Crippen LogP contribution in [0.4, 0.5) is 0 Å². The van der Waals surface area contributed by atoms with Crippen LogP contribution in [0.5, 0.6) is 0 Å². The van der Waals surface area contributed by atoms with Gasteiger partial charge < -0.3 is 0 Å². The molecule has 1 aliphatic carbocycles. The van der Waals surface area contributed by atoms with Gasteiger partial charge in [-0.05, 0) is 37.8 Å². The van der Waals surface area contributed by atoms with Crippen LogP contribution in [-0.4, -0.2) is 5.25 Å². The van der Waals surface area contributed by atoms with Gasteiger partial charge in [-0.25, -0.2) is 0 Å². The highest BCUT2D eigenvalue weighted by atomic mass is 32.2. The van der Waals surface area contributed by atoms with Gasteiger partial charge in [0.15, 0.2) is 0 Å². The molecule has 63 valence electrons. The molecule has 1 aromatic rings. The van der Waals surface area contributed by atoms with Crippen LogP contribution in [0.25, 0.3) is 0 Å². The summed E-state index contributed by atoms with van der Waals surface area (Å²) in [6.45, 7) is 0. The SMILES string of the molecule is [CH]1CCC(Sc2ccccc2)C1. The first-order valence-electron chi connectivity index (χ1n) is 4.48. The fourth-order valence-electron chi connectivity index (χ4n) is 1.52. The predicted molar refractivity (Wildman–Crippen MR) is 54.2 cm³/mol. The van der Waals surface area contributed by atoms with Gasteiger partial charge in [0, 0.05) is 10.1 Å². The van der Waals surface area contributed by atoms with Crippen LogP contribution in [0.15, 0.2) is 35.2 Å². The smallest absolute Gasteiger partial charge is 0.00972 e. The summed E-state index contributed by atoms with van der Waals surface area (Å²) in [7, 11) is 0. The van der Waals surface area contributed by atoms with Crippen molar-refractivity contribution >= 4 is 11.8 Å². The Labute approximate surface area is 78.4 Å². The van der Waals surface area contributed by atoms with Crippen LogP contribution in [0.3, 0.4) is 0 Å². The molecule has 2 rings (SSSR count). The summed E-state index contributed by atoms with van der Waals surface area (Å²) < 4.78 is 0. The summed E-state index contributed by atoms with van der Waals surface area (Å²) in [4.78, 5) is 1.41. The molecule has 1 unspecified atom stereocenters. The Kier molecular flexibility index (Phi) is 2.72. The number of thioether (sulfide) groups is 1. The molecule has 1 heteroatoms. The van der Waals surface area contributed by atoms with Crippen LogP contribution in [0, 0.1) is 6.42 Å². The van der Waals surface area contributed by atoms with Crippen LogP contribution in [0.1, 0.15) is 19.3 Å². The third-order valence-corrected chi connectivity index (χ3v) is 3.47. The summed E-state index contributed by atoms with van der Waals surface area (Å²) in [5.41, 5.74) is 0. The van der Waals surface area contributed by atoms with E-state index in [0.717, 1.165) is 5.25 Å². The molecule has 0 heterocycles. The van der Waals surface area contributed by atoms with Crippen molar-refractivity contribution in [3.05, 3.63) is 36.8 Å². The van der Waals surface area contributed by atoms with Crippen molar-refractivity contribution in [1.82, 2.24) is 0 Å². The minimum Gasteiger partial charge on any atom is -0.123 e. The Hall–Kier alpha value is -0.430. The van der Waals surface area contributed by atoms with E-state index in [-0.39, 0.29) is 0 Å². The van der Waals surface area contributed by atoms with E-state index in [1.54, 1.807) is 0 Å². The topological polar surface area (TPSA) is 0 Å². The number of rotatable bonds is 2. The van der Waals surface area contributed by atoms with Crippen molar-refractivity contribution in [2.45, 2.75) is 29.4 Å². The van der Waals surface area contributed by atoms with E-state index in [4.69, 9.17) is 0 Å². The first kappa shape index (κ1) is 8.18. The summed E-state index contributed by atoms with van der Waals surface area (Å²) in [5, 5.41) is 0.840. The second kappa shape index (κ2) is 3.99. The third kappa shape index (κ3) is 2.04. The van der Waals surface area contributed by atoms with Crippen LogP contribution < -0.4 is 0 Å². The maximum atomic E-state index is 2.40. The van der Waals surface area contributed by atoms with Gasteiger partial charge in [-0.15, -0.1) is 11.8 Å². The molecule has 0 amide bonds. The molecule has 0 saturated heterocycles. The largest absolute Gasteiger partial charge is 0.123 e. The number of benzene rings is 1. The summed E-state index contributed by atoms with van der Waals surface area (Å²) in [6.07, 6.45) is 6.37. The van der Waals surface area contributed by atoms with Gasteiger partial charge in [0.25, 0.3) is 0 Å². The summed E-state index contributed by atoms with van der Waals surface area (Å²) in [5.74, 6) is 0. The molecule has 1 saturated carbocycles. The fourth-order valence-corrected chi connectivity index (χ4v) is 2.71. The van der Waals surface area contributed by atoms with Gasteiger partial charge >= 0.3 is 0 Å². The standard InChI is InChI=1S/C11H13S/c1-2-6-10(7-3-1)12-11-8-4-5-9-11/h1-4,6-7,11H,5,8-9H2. The molecule has 0 bridgehead atoms. The molecule has 0 aromatic heterocycles. The summed E-state index contributed by atoms with van der Waals surface area (Å²) >= 11 is 2.02. The molecule has 0 nitrogen and oxygen atoms in total. The zero-order valence-electron chi connectivity index (χ0n) is 7.07. The van der Waals surface area contributed by atoms with Crippen molar-refractivity contribution in [3.8, 4) is 0 Å². The maximum Gasteiger partial charge on any atom is 0.00972 e. The fraction of sp³-hybridized carbons (Fsp3) is 0.364. The maximum absolute atomic E-state index is 2.40. The van der Waals surface area contributed by atoms with Gasteiger partial charge in [0.1, 0.15) is 0 Å². The Morgan fingerprint density at radius 3 is 2.67 bits per heavy atom. The molecule has 1 fully saturated rings. The summed E-state index contributed by atoms with van der Waals surface area (Å²) in [6, 6.07) is 10.7. The zero-order chi connectivity index (χ0) is 8.23. The van der Waals surface area contributed by atoms with Gasteiger partial charge in [-0.2, -0.15) is 0 Å². The molecule has 0 aliphatic heterocycles. The molecule has 1 aromatic carbocycles. The first-order valence-corrected chi connectivity index (χ1v) is 5.36. The highest BCUT2D eigenvalue weighted by Crippen LogP contribution is 2.33. The average Bonchev–Trinajstić information content (AvgIpc) is 2.59. The van der Waals surface area contributed by atoms with E-state index in [1.165, 1.54) is 24.2 Å². The molecule has 1 atom stereocenters. The second-order valence-electron chi connectivity index (χ2n) is 3.15. The quantitative estimate of drug-likeness (QED) is 0.666. The molecule has 1 aliphatic rings. The predicted octanol–water partition coefficient (Wildman–Crippen LogP) is 3.54. The molecule has 12 heavy (non-hydrogen) atoms. The number of hydrogen-bond donors (Lipinski definition) is 0. The highest BCUT2D eigenvalue weighted by molar-refractivity contribution is 8.00. The van der Waals surface area contributed by atoms with Crippen LogP contribution in [0.2, 0.25) is 0 Å². The first-order chi connectivity index (χ1) is 5.95. The second-order valence-corrected chi connectivity index (χ2v) is 4.53. The van der Waals surface area contributed by atoms with E-state index in [1.807, 2.05) is 11.8 Å². The van der Waals surface area contributed by atoms with Crippen LogP contribution in [-0.2, 0) is 0 Å². The lowest BCUT2D eigenvalue weighted by atomic mass is 10.4. The lowest BCUT2D eigenvalue weighted by Gasteiger charge is -2.07. The zero-order valence-corrected chi connectivity index (χ0v) is 7.89. The lowest BCUT2D eigenvalue weighted by Crippen LogP contribution is -1.92. The van der Waals surface area contributed by atoms with E-state index in [2.05, 4.69) is 36.8 Å². The molecular formula is C11H13S. The molecule has 0 spiro atoms. The van der Waals surface area contributed by atoms with E-state index in [0.29, 0.717) is 0 Å². The van der Waals surface area contributed by atoms with E-state index in [9.17, 15) is 0 Å². The van der Waals surface area contributed by atoms with Gasteiger partial charge in [-0.1, -0.05) is 18.2 Å². The van der Waals surface area contributed by atoms with Gasteiger partial charge in [0.2, 0.25) is 0 Å². The average molecular weight is 177 g/mol. The Balaban J connectivity index is 1.94. The van der Waals surface area contributed by atoms with Crippen LogP contribution >= 0.6 is 11.8 Å². The van der Waals surface area contributed by atoms with Crippen molar-refractivity contribution in [1.29, 1.82) is 0 Å². The Morgan fingerprint density at radius 1 is 1.17 bits per heavy atom. The van der Waals surface area contributed by atoms with Crippen molar-refractivity contribution in [3.63, 3.8) is 0 Å². The van der Waals surface area contributed by atoms with Crippen molar-refractivity contribution < 1.29 is 0 Å². The third-order valence-electron chi connectivity index (χ3n) is 2.17.